The largest absolute Gasteiger partial charge is 0.497 e. The number of benzene rings is 2. The Balaban J connectivity index is 1.80. The predicted octanol–water partition coefficient (Wildman–Crippen LogP) is 4.10. The van der Waals surface area contributed by atoms with E-state index in [2.05, 4.69) is 21.8 Å². The van der Waals surface area contributed by atoms with Crippen LogP contribution in [-0.4, -0.2) is 67.2 Å². The lowest BCUT2D eigenvalue weighted by molar-refractivity contribution is 0.0980. The highest BCUT2D eigenvalue weighted by Crippen LogP contribution is 2.30. The third kappa shape index (κ3) is 4.87. The number of ether oxygens (including phenoxy) is 1. The molecule has 2 aromatic carbocycles. The second-order valence-corrected chi connectivity index (χ2v) is 8.67. The zero-order chi connectivity index (χ0) is 24.2. The molecule has 3 aromatic rings. The van der Waals surface area contributed by atoms with E-state index in [4.69, 9.17) is 9.72 Å². The number of aromatic nitrogens is 2. The quantitative estimate of drug-likeness (QED) is 0.549. The zero-order valence-corrected chi connectivity index (χ0v) is 20.0. The predicted molar refractivity (Wildman–Crippen MR) is 132 cm³/mol. The van der Waals surface area contributed by atoms with E-state index in [0.717, 1.165) is 26.2 Å². The molecule has 0 saturated carbocycles. The molecule has 34 heavy (non-hydrogen) atoms. The molecule has 0 spiro atoms. The van der Waals surface area contributed by atoms with Gasteiger partial charge < -0.3 is 19.4 Å². The standard InChI is InChI=1S/C26H30FN5O2/c1-18(2)32(19-8-7-9-20(16-19)34-4)25(33)22-17-28-26(31-14-12-30(3)13-15-31)29-24(22)21-10-5-6-11-23(21)27/h5-11,16-18H,12-15H2,1-4H3. The average molecular weight is 464 g/mol. The van der Waals surface area contributed by atoms with Crippen LogP contribution in [0.5, 0.6) is 5.75 Å². The molecule has 1 aliphatic heterocycles. The van der Waals surface area contributed by atoms with Crippen LogP contribution in [0, 0.1) is 5.82 Å². The first-order chi connectivity index (χ1) is 16.4. The van der Waals surface area contributed by atoms with Gasteiger partial charge in [-0.15, -0.1) is 0 Å². The fraction of sp³-hybridized carbons (Fsp3) is 0.346. The summed E-state index contributed by atoms with van der Waals surface area (Å²) in [6, 6.07) is 13.5. The molecule has 8 heteroatoms. The van der Waals surface area contributed by atoms with Crippen molar-refractivity contribution >= 4 is 17.5 Å². The molecule has 0 N–H and O–H groups in total. The van der Waals surface area contributed by atoms with Gasteiger partial charge in [0.15, 0.2) is 0 Å². The van der Waals surface area contributed by atoms with Crippen LogP contribution in [-0.2, 0) is 0 Å². The van der Waals surface area contributed by atoms with Crippen LogP contribution in [0.1, 0.15) is 24.2 Å². The summed E-state index contributed by atoms with van der Waals surface area (Å²) in [7, 11) is 3.66. The Kier molecular flexibility index (Phi) is 7.07. The minimum Gasteiger partial charge on any atom is -0.497 e. The maximum absolute atomic E-state index is 14.9. The van der Waals surface area contributed by atoms with Crippen LogP contribution in [0.3, 0.4) is 0 Å². The number of piperazine rings is 1. The van der Waals surface area contributed by atoms with Gasteiger partial charge in [0.25, 0.3) is 5.91 Å². The second-order valence-electron chi connectivity index (χ2n) is 8.67. The molecule has 1 aliphatic rings. The lowest BCUT2D eigenvalue weighted by atomic mass is 10.0. The van der Waals surface area contributed by atoms with Crippen molar-refractivity contribution in [2.75, 3.05) is 50.1 Å². The molecule has 1 fully saturated rings. The summed E-state index contributed by atoms with van der Waals surface area (Å²) in [5, 5.41) is 0. The van der Waals surface area contributed by atoms with Gasteiger partial charge in [0.05, 0.1) is 18.4 Å². The van der Waals surface area contributed by atoms with Gasteiger partial charge in [0, 0.05) is 55.7 Å². The Bertz CT molecular complexity index is 1160. The van der Waals surface area contributed by atoms with Crippen LogP contribution in [0.15, 0.2) is 54.7 Å². The van der Waals surface area contributed by atoms with Crippen molar-refractivity contribution < 1.29 is 13.9 Å². The highest BCUT2D eigenvalue weighted by Gasteiger charge is 2.27. The number of amides is 1. The first-order valence-electron chi connectivity index (χ1n) is 11.4. The normalized spacial score (nSPS) is 14.4. The topological polar surface area (TPSA) is 61.8 Å². The molecule has 0 radical (unpaired) electrons. The van der Waals surface area contributed by atoms with Crippen molar-refractivity contribution in [1.82, 2.24) is 14.9 Å². The summed E-state index contributed by atoms with van der Waals surface area (Å²) >= 11 is 0. The number of carbonyl (C=O) groups excluding carboxylic acids is 1. The number of halogens is 1. The Labute approximate surface area is 199 Å². The Hall–Kier alpha value is -3.52. The van der Waals surface area contributed by atoms with Gasteiger partial charge in [-0.2, -0.15) is 0 Å². The molecule has 0 aliphatic carbocycles. The van der Waals surface area contributed by atoms with Crippen molar-refractivity contribution in [2.45, 2.75) is 19.9 Å². The monoisotopic (exact) mass is 463 g/mol. The van der Waals surface area contributed by atoms with E-state index < -0.39 is 5.82 Å². The van der Waals surface area contributed by atoms with Gasteiger partial charge >= 0.3 is 0 Å². The SMILES string of the molecule is COc1cccc(N(C(=O)c2cnc(N3CCN(C)CC3)nc2-c2ccccc2F)C(C)C)c1. The molecule has 0 atom stereocenters. The Morgan fingerprint density at radius 2 is 1.82 bits per heavy atom. The second kappa shape index (κ2) is 10.2. The fourth-order valence-electron chi connectivity index (χ4n) is 4.09. The van der Waals surface area contributed by atoms with Gasteiger partial charge in [0.1, 0.15) is 11.6 Å². The summed E-state index contributed by atoms with van der Waals surface area (Å²) in [5.74, 6) is 0.413. The van der Waals surface area contributed by atoms with Crippen LogP contribution in [0.4, 0.5) is 16.0 Å². The van der Waals surface area contributed by atoms with E-state index >= 15 is 0 Å². The molecular formula is C26H30FN5O2. The van der Waals surface area contributed by atoms with E-state index in [0.29, 0.717) is 23.1 Å². The van der Waals surface area contributed by atoms with Crippen LogP contribution < -0.4 is 14.5 Å². The molecule has 2 heterocycles. The number of nitrogens with zero attached hydrogens (tertiary/aromatic N) is 5. The molecule has 1 amide bonds. The minimum atomic E-state index is -0.433. The third-order valence-electron chi connectivity index (χ3n) is 5.99. The number of methoxy groups -OCH3 is 1. The summed E-state index contributed by atoms with van der Waals surface area (Å²) in [4.78, 5) is 29.1. The van der Waals surface area contributed by atoms with Crippen molar-refractivity contribution in [1.29, 1.82) is 0 Å². The van der Waals surface area contributed by atoms with Crippen LogP contribution >= 0.6 is 0 Å². The highest BCUT2D eigenvalue weighted by molar-refractivity contribution is 6.10. The van der Waals surface area contributed by atoms with E-state index in [1.165, 1.54) is 12.3 Å². The average Bonchev–Trinajstić information content (AvgIpc) is 2.84. The molecule has 7 nitrogen and oxygen atoms in total. The van der Waals surface area contributed by atoms with Crippen molar-refractivity contribution in [3.63, 3.8) is 0 Å². The Morgan fingerprint density at radius 1 is 1.09 bits per heavy atom. The van der Waals surface area contributed by atoms with Gasteiger partial charge in [-0.05, 0) is 45.2 Å². The highest BCUT2D eigenvalue weighted by atomic mass is 19.1. The number of carbonyl (C=O) groups is 1. The molecule has 1 aromatic heterocycles. The van der Waals surface area contributed by atoms with Gasteiger partial charge in [-0.25, -0.2) is 14.4 Å². The summed E-state index contributed by atoms with van der Waals surface area (Å²) in [6.07, 6.45) is 1.53. The summed E-state index contributed by atoms with van der Waals surface area (Å²) < 4.78 is 20.3. The van der Waals surface area contributed by atoms with Gasteiger partial charge in [-0.3, -0.25) is 4.79 Å². The Morgan fingerprint density at radius 3 is 2.50 bits per heavy atom. The summed E-state index contributed by atoms with van der Waals surface area (Å²) in [5.41, 5.74) is 1.50. The molecule has 178 valence electrons. The molecule has 4 rings (SSSR count). The van der Waals surface area contributed by atoms with Crippen LogP contribution in [0.25, 0.3) is 11.3 Å². The van der Waals surface area contributed by atoms with Crippen molar-refractivity contribution in [3.8, 4) is 17.0 Å². The first-order valence-corrected chi connectivity index (χ1v) is 11.4. The van der Waals surface area contributed by atoms with E-state index in [9.17, 15) is 9.18 Å². The number of rotatable bonds is 6. The number of hydrogen-bond acceptors (Lipinski definition) is 6. The maximum Gasteiger partial charge on any atom is 0.262 e. The summed E-state index contributed by atoms with van der Waals surface area (Å²) in [6.45, 7) is 7.16. The smallest absolute Gasteiger partial charge is 0.262 e. The zero-order valence-electron chi connectivity index (χ0n) is 20.0. The lowest BCUT2D eigenvalue weighted by Crippen LogP contribution is -2.45. The van der Waals surface area contributed by atoms with Crippen LogP contribution in [0.2, 0.25) is 0 Å². The van der Waals surface area contributed by atoms with Gasteiger partial charge in [-0.1, -0.05) is 18.2 Å². The minimum absolute atomic E-state index is 0.162. The fourth-order valence-corrected chi connectivity index (χ4v) is 4.09. The number of anilines is 2. The molecular weight excluding hydrogens is 433 g/mol. The van der Waals surface area contributed by atoms with Crippen molar-refractivity contribution in [3.05, 3.63) is 66.1 Å². The molecule has 1 saturated heterocycles. The van der Waals surface area contributed by atoms with Crippen molar-refractivity contribution in [2.24, 2.45) is 0 Å². The number of likely N-dealkylation sites (N-methyl/N-ethyl adjacent to an activating group) is 1. The van der Waals surface area contributed by atoms with E-state index in [-0.39, 0.29) is 23.1 Å². The van der Waals surface area contributed by atoms with Gasteiger partial charge in [0.2, 0.25) is 5.95 Å². The first kappa shape index (κ1) is 23.6. The van der Waals surface area contributed by atoms with E-state index in [1.54, 1.807) is 36.3 Å². The molecule has 0 bridgehead atoms. The lowest BCUT2D eigenvalue weighted by Gasteiger charge is -2.33. The number of hydrogen-bond donors (Lipinski definition) is 0. The van der Waals surface area contributed by atoms with E-state index in [1.807, 2.05) is 32.0 Å². The molecule has 0 unspecified atom stereocenters. The maximum atomic E-state index is 14.9. The third-order valence-corrected chi connectivity index (χ3v) is 5.99.